The molecule has 0 saturated heterocycles. The van der Waals surface area contributed by atoms with Crippen LogP contribution in [0.2, 0.25) is 0 Å². The van der Waals surface area contributed by atoms with Crippen LogP contribution in [0.4, 0.5) is 5.69 Å². The van der Waals surface area contributed by atoms with Crippen LogP contribution in [0.15, 0.2) is 53.8 Å². The van der Waals surface area contributed by atoms with E-state index in [9.17, 15) is 5.11 Å². The highest BCUT2D eigenvalue weighted by Gasteiger charge is 1.94. The van der Waals surface area contributed by atoms with Crippen LogP contribution >= 0.6 is 0 Å². The van der Waals surface area contributed by atoms with Crippen LogP contribution in [0, 0.1) is 0 Å². The molecule has 0 radical (unpaired) electrons. The smallest absolute Gasteiger partial charge is 0.141 e. The molecule has 1 N–H and O–H groups in total. The summed E-state index contributed by atoms with van der Waals surface area (Å²) in [7, 11) is 0. The molecule has 3 heteroatoms. The van der Waals surface area contributed by atoms with E-state index in [1.54, 1.807) is 36.8 Å². The second-order valence-electron chi connectivity index (χ2n) is 3.03. The van der Waals surface area contributed by atoms with Crippen LogP contribution in [-0.4, -0.2) is 16.3 Å². The third-order valence-corrected chi connectivity index (χ3v) is 1.94. The van der Waals surface area contributed by atoms with Gasteiger partial charge in [-0.25, -0.2) is 0 Å². The number of para-hydroxylation sites is 2. The number of pyridine rings is 1. The Balaban J connectivity index is 2.23. The molecule has 0 aliphatic rings. The summed E-state index contributed by atoms with van der Waals surface area (Å²) in [4.78, 5) is 8.08. The topological polar surface area (TPSA) is 45.5 Å². The van der Waals surface area contributed by atoms with Crippen LogP contribution in [0.5, 0.6) is 5.75 Å². The van der Waals surface area contributed by atoms with Crippen LogP contribution in [-0.2, 0) is 0 Å². The minimum Gasteiger partial charge on any atom is -0.506 e. The van der Waals surface area contributed by atoms with Gasteiger partial charge in [0.05, 0.1) is 0 Å². The highest BCUT2D eigenvalue weighted by molar-refractivity contribution is 5.82. The Bertz CT molecular complexity index is 466. The van der Waals surface area contributed by atoms with Crippen molar-refractivity contribution in [1.29, 1.82) is 0 Å². The quantitative estimate of drug-likeness (QED) is 0.753. The number of aromatic hydroxyl groups is 1. The summed E-state index contributed by atoms with van der Waals surface area (Å²) in [6, 6.07) is 10.7. The lowest BCUT2D eigenvalue weighted by molar-refractivity contribution is 0.477. The normalized spacial score (nSPS) is 10.7. The first-order valence-electron chi connectivity index (χ1n) is 4.58. The lowest BCUT2D eigenvalue weighted by atomic mass is 10.3. The lowest BCUT2D eigenvalue weighted by Crippen LogP contribution is -1.80. The number of aromatic nitrogens is 1. The number of hydrogen-bond acceptors (Lipinski definition) is 3. The van der Waals surface area contributed by atoms with E-state index < -0.39 is 0 Å². The zero-order chi connectivity index (χ0) is 10.5. The molecule has 0 unspecified atom stereocenters. The fourth-order valence-corrected chi connectivity index (χ4v) is 1.17. The number of nitrogens with zero attached hydrogens (tertiary/aromatic N) is 2. The Morgan fingerprint density at radius 1 is 1.07 bits per heavy atom. The van der Waals surface area contributed by atoms with Crippen molar-refractivity contribution in [2.75, 3.05) is 0 Å². The molecule has 15 heavy (non-hydrogen) atoms. The predicted octanol–water partition coefficient (Wildman–Crippen LogP) is 2.54. The minimum atomic E-state index is 0.183. The molecule has 2 rings (SSSR count). The fourth-order valence-electron chi connectivity index (χ4n) is 1.17. The summed E-state index contributed by atoms with van der Waals surface area (Å²) in [5, 5.41) is 9.46. The summed E-state index contributed by atoms with van der Waals surface area (Å²) in [6.07, 6.45) is 5.09. The molecule has 0 atom stereocenters. The summed E-state index contributed by atoms with van der Waals surface area (Å²) in [5.74, 6) is 0.183. The van der Waals surface area contributed by atoms with Gasteiger partial charge in [-0.1, -0.05) is 12.1 Å². The van der Waals surface area contributed by atoms with Crippen LogP contribution < -0.4 is 0 Å². The molecular weight excluding hydrogens is 188 g/mol. The van der Waals surface area contributed by atoms with Gasteiger partial charge in [-0.3, -0.25) is 9.98 Å². The maximum absolute atomic E-state index is 9.46. The van der Waals surface area contributed by atoms with Crippen molar-refractivity contribution < 1.29 is 5.11 Å². The summed E-state index contributed by atoms with van der Waals surface area (Å²) in [6.45, 7) is 0. The van der Waals surface area contributed by atoms with Crippen molar-refractivity contribution in [1.82, 2.24) is 4.98 Å². The van der Waals surface area contributed by atoms with Gasteiger partial charge < -0.3 is 5.11 Å². The van der Waals surface area contributed by atoms with Crippen molar-refractivity contribution in [2.45, 2.75) is 0 Å². The van der Waals surface area contributed by atoms with Crippen molar-refractivity contribution in [2.24, 2.45) is 4.99 Å². The van der Waals surface area contributed by atoms with E-state index in [1.807, 2.05) is 18.2 Å². The molecule has 0 aliphatic heterocycles. The summed E-state index contributed by atoms with van der Waals surface area (Å²) >= 11 is 0. The number of phenols is 1. The standard InChI is InChI=1S/C12H10N2O/c15-12-4-2-1-3-11(12)14-9-10-5-7-13-8-6-10/h1-9,15H. The van der Waals surface area contributed by atoms with Crippen molar-refractivity contribution in [3.8, 4) is 5.75 Å². The summed E-state index contributed by atoms with van der Waals surface area (Å²) < 4.78 is 0. The zero-order valence-electron chi connectivity index (χ0n) is 8.04. The van der Waals surface area contributed by atoms with Gasteiger partial charge in [-0.05, 0) is 29.8 Å². The van der Waals surface area contributed by atoms with Crippen molar-refractivity contribution in [3.05, 3.63) is 54.4 Å². The monoisotopic (exact) mass is 198 g/mol. The van der Waals surface area contributed by atoms with Crippen molar-refractivity contribution >= 4 is 11.9 Å². The molecule has 0 saturated carbocycles. The van der Waals surface area contributed by atoms with E-state index in [2.05, 4.69) is 9.98 Å². The molecule has 3 nitrogen and oxygen atoms in total. The largest absolute Gasteiger partial charge is 0.506 e. The van der Waals surface area contributed by atoms with Gasteiger partial charge >= 0.3 is 0 Å². The number of hydrogen-bond donors (Lipinski definition) is 1. The maximum Gasteiger partial charge on any atom is 0.141 e. The molecular formula is C12H10N2O. The second kappa shape index (κ2) is 4.37. The molecule has 0 amide bonds. The van der Waals surface area contributed by atoms with E-state index >= 15 is 0 Å². The van der Waals surface area contributed by atoms with Crippen molar-refractivity contribution in [3.63, 3.8) is 0 Å². The van der Waals surface area contributed by atoms with E-state index in [0.717, 1.165) is 5.56 Å². The Labute approximate surface area is 87.8 Å². The van der Waals surface area contributed by atoms with Crippen LogP contribution in [0.25, 0.3) is 0 Å². The first kappa shape index (κ1) is 9.40. The molecule has 1 aromatic carbocycles. The Morgan fingerprint density at radius 3 is 2.53 bits per heavy atom. The fraction of sp³-hybridized carbons (Fsp3) is 0. The van der Waals surface area contributed by atoms with Gasteiger partial charge in [-0.2, -0.15) is 0 Å². The third kappa shape index (κ3) is 2.40. The molecule has 2 aromatic rings. The van der Waals surface area contributed by atoms with Crippen LogP contribution in [0.1, 0.15) is 5.56 Å². The third-order valence-electron chi connectivity index (χ3n) is 1.94. The Morgan fingerprint density at radius 2 is 1.80 bits per heavy atom. The molecule has 0 aliphatic carbocycles. The van der Waals surface area contributed by atoms with E-state index in [4.69, 9.17) is 0 Å². The molecule has 1 aromatic heterocycles. The second-order valence-corrected chi connectivity index (χ2v) is 3.03. The minimum absolute atomic E-state index is 0.183. The number of rotatable bonds is 2. The molecule has 1 heterocycles. The van der Waals surface area contributed by atoms with E-state index in [0.29, 0.717) is 5.69 Å². The van der Waals surface area contributed by atoms with E-state index in [1.165, 1.54) is 0 Å². The SMILES string of the molecule is Oc1ccccc1N=Cc1ccncc1. The Hall–Kier alpha value is -2.16. The zero-order valence-corrected chi connectivity index (χ0v) is 8.04. The van der Waals surface area contributed by atoms with E-state index in [-0.39, 0.29) is 5.75 Å². The average Bonchev–Trinajstić information content (AvgIpc) is 2.29. The van der Waals surface area contributed by atoms with Gasteiger partial charge in [0.15, 0.2) is 0 Å². The lowest BCUT2D eigenvalue weighted by Gasteiger charge is -1.96. The average molecular weight is 198 g/mol. The first-order valence-corrected chi connectivity index (χ1v) is 4.58. The highest BCUT2D eigenvalue weighted by Crippen LogP contribution is 2.24. The molecule has 0 fully saturated rings. The Kier molecular flexibility index (Phi) is 2.74. The molecule has 74 valence electrons. The van der Waals surface area contributed by atoms with Gasteiger partial charge in [0.25, 0.3) is 0 Å². The number of benzene rings is 1. The van der Waals surface area contributed by atoms with Gasteiger partial charge in [-0.15, -0.1) is 0 Å². The number of aliphatic imine (C=N–C) groups is 1. The molecule has 0 spiro atoms. The van der Waals surface area contributed by atoms with Gasteiger partial charge in [0, 0.05) is 18.6 Å². The predicted molar refractivity (Wildman–Crippen MR) is 59.6 cm³/mol. The highest BCUT2D eigenvalue weighted by atomic mass is 16.3. The maximum atomic E-state index is 9.46. The van der Waals surface area contributed by atoms with Gasteiger partial charge in [0.2, 0.25) is 0 Å². The first-order chi connectivity index (χ1) is 7.36. The molecule has 0 bridgehead atoms. The van der Waals surface area contributed by atoms with Gasteiger partial charge in [0.1, 0.15) is 11.4 Å². The van der Waals surface area contributed by atoms with Crippen LogP contribution in [0.3, 0.4) is 0 Å². The summed E-state index contributed by atoms with van der Waals surface area (Å²) in [5.41, 5.74) is 1.52. The number of phenolic OH excluding ortho intramolecular Hbond substituents is 1.